The molecule has 0 unspecified atom stereocenters. The molecule has 1 fully saturated rings. The second-order valence-corrected chi connectivity index (χ2v) is 8.16. The van der Waals surface area contributed by atoms with Crippen molar-refractivity contribution >= 4 is 16.6 Å². The van der Waals surface area contributed by atoms with E-state index in [9.17, 15) is 15.4 Å². The third-order valence-corrected chi connectivity index (χ3v) is 6.16. The highest BCUT2D eigenvalue weighted by Gasteiger charge is 2.20. The first-order valence-corrected chi connectivity index (χ1v) is 11.0. The minimum Gasteiger partial charge on any atom is -0.497 e. The van der Waals surface area contributed by atoms with Crippen molar-refractivity contribution in [3.63, 3.8) is 0 Å². The van der Waals surface area contributed by atoms with E-state index in [0.29, 0.717) is 18.2 Å². The number of pyridine rings is 2. The van der Waals surface area contributed by atoms with Gasteiger partial charge in [-0.3, -0.25) is 20.1 Å². The van der Waals surface area contributed by atoms with Crippen molar-refractivity contribution < 1.29 is 9.66 Å². The van der Waals surface area contributed by atoms with Crippen LogP contribution in [0.4, 0.5) is 5.69 Å². The zero-order valence-corrected chi connectivity index (χ0v) is 18.5. The van der Waals surface area contributed by atoms with Gasteiger partial charge in [-0.05, 0) is 62.2 Å². The molecule has 1 saturated heterocycles. The number of nitriles is 1. The molecular weight excluding hydrogens is 420 g/mol. The predicted molar refractivity (Wildman–Crippen MR) is 124 cm³/mol. The lowest BCUT2D eigenvalue weighted by Crippen LogP contribution is -2.43. The van der Waals surface area contributed by atoms with E-state index < -0.39 is 4.92 Å². The largest absolute Gasteiger partial charge is 0.497 e. The quantitative estimate of drug-likeness (QED) is 0.414. The summed E-state index contributed by atoms with van der Waals surface area (Å²) in [6.07, 6.45) is 5.77. The molecule has 4 rings (SSSR count). The smallest absolute Gasteiger partial charge is 0.287 e. The van der Waals surface area contributed by atoms with E-state index >= 15 is 0 Å². The van der Waals surface area contributed by atoms with E-state index in [1.807, 2.05) is 18.2 Å². The van der Waals surface area contributed by atoms with Gasteiger partial charge in [-0.1, -0.05) is 0 Å². The number of methoxy groups -OCH3 is 1. The molecule has 9 nitrogen and oxygen atoms in total. The molecule has 1 aromatic carbocycles. The van der Waals surface area contributed by atoms with Gasteiger partial charge in [0.2, 0.25) is 0 Å². The Balaban J connectivity index is 1.31. The third kappa shape index (κ3) is 5.42. The van der Waals surface area contributed by atoms with Crippen LogP contribution in [0.1, 0.15) is 29.7 Å². The molecule has 0 radical (unpaired) electrons. The number of rotatable bonds is 8. The van der Waals surface area contributed by atoms with Crippen LogP contribution in [0.15, 0.2) is 42.7 Å². The molecule has 1 N–H and O–H groups in total. The van der Waals surface area contributed by atoms with Crippen LogP contribution in [0.3, 0.4) is 0 Å². The summed E-state index contributed by atoms with van der Waals surface area (Å²) in [5.41, 5.74) is 3.31. The molecule has 170 valence electrons. The Kier molecular flexibility index (Phi) is 7.07. The minimum atomic E-state index is -0.440. The monoisotopic (exact) mass is 446 g/mol. The number of nitro groups is 1. The van der Waals surface area contributed by atoms with Crippen LogP contribution in [0, 0.1) is 21.4 Å². The van der Waals surface area contributed by atoms with E-state index in [1.165, 1.54) is 12.3 Å². The fraction of sp³-hybridized carbons (Fsp3) is 0.375. The second-order valence-electron chi connectivity index (χ2n) is 8.16. The highest BCUT2D eigenvalue weighted by atomic mass is 16.6. The fourth-order valence-electron chi connectivity index (χ4n) is 4.23. The summed E-state index contributed by atoms with van der Waals surface area (Å²) in [5.74, 6) is 0.759. The molecule has 3 heterocycles. The van der Waals surface area contributed by atoms with E-state index in [-0.39, 0.29) is 5.69 Å². The highest BCUT2D eigenvalue weighted by molar-refractivity contribution is 5.85. The topological polar surface area (TPSA) is 117 Å². The maximum Gasteiger partial charge on any atom is 0.287 e. The first-order valence-electron chi connectivity index (χ1n) is 11.0. The lowest BCUT2D eigenvalue weighted by Gasteiger charge is -2.32. The third-order valence-electron chi connectivity index (χ3n) is 6.16. The van der Waals surface area contributed by atoms with Crippen molar-refractivity contribution in [2.45, 2.75) is 31.8 Å². The second kappa shape index (κ2) is 10.3. The van der Waals surface area contributed by atoms with Gasteiger partial charge in [0.25, 0.3) is 5.69 Å². The molecule has 1 aliphatic rings. The van der Waals surface area contributed by atoms with Gasteiger partial charge in [-0.15, -0.1) is 0 Å². The first kappa shape index (κ1) is 22.6. The number of hydrogen-bond donors (Lipinski definition) is 1. The number of nitrogens with zero attached hydrogens (tertiary/aromatic N) is 5. The van der Waals surface area contributed by atoms with Crippen LogP contribution < -0.4 is 10.1 Å². The van der Waals surface area contributed by atoms with Gasteiger partial charge < -0.3 is 15.0 Å². The lowest BCUT2D eigenvalue weighted by atomic mass is 9.99. The number of benzene rings is 1. The van der Waals surface area contributed by atoms with Gasteiger partial charge in [-0.2, -0.15) is 5.26 Å². The molecular formula is C24H26N6O3. The molecule has 0 atom stereocenters. The van der Waals surface area contributed by atoms with E-state index in [0.717, 1.165) is 66.8 Å². The van der Waals surface area contributed by atoms with Crippen molar-refractivity contribution in [1.29, 1.82) is 5.26 Å². The number of likely N-dealkylation sites (tertiary alicyclic amines) is 1. The van der Waals surface area contributed by atoms with Crippen molar-refractivity contribution in [1.82, 2.24) is 20.2 Å². The van der Waals surface area contributed by atoms with Gasteiger partial charge in [-0.25, -0.2) is 0 Å². The summed E-state index contributed by atoms with van der Waals surface area (Å²) < 4.78 is 5.37. The summed E-state index contributed by atoms with van der Waals surface area (Å²) in [6, 6.07) is 11.6. The Morgan fingerprint density at radius 2 is 2.06 bits per heavy atom. The summed E-state index contributed by atoms with van der Waals surface area (Å²) >= 11 is 0. The van der Waals surface area contributed by atoms with Gasteiger partial charge in [0, 0.05) is 36.8 Å². The summed E-state index contributed by atoms with van der Waals surface area (Å²) in [5, 5.41) is 24.8. The van der Waals surface area contributed by atoms with Crippen molar-refractivity contribution in [2.24, 2.45) is 0 Å². The van der Waals surface area contributed by atoms with Crippen molar-refractivity contribution in [3.8, 4) is 11.8 Å². The van der Waals surface area contributed by atoms with Crippen LogP contribution in [-0.2, 0) is 13.0 Å². The molecule has 0 aliphatic carbocycles. The lowest BCUT2D eigenvalue weighted by molar-refractivity contribution is -0.385. The number of aromatic nitrogens is 2. The van der Waals surface area contributed by atoms with Crippen LogP contribution in [0.25, 0.3) is 10.9 Å². The summed E-state index contributed by atoms with van der Waals surface area (Å²) in [4.78, 5) is 21.3. The standard InChI is InChI=1S/C24H26N6O3/c1-33-21-4-5-24-23(12-21)22(17(13-25)14-28-24)8-11-29-9-6-18(7-10-29)26-15-19-2-3-20(16-27-19)30(31)32/h2-5,12,14,16,18,26H,6-11,15H2,1H3. The molecule has 0 saturated carbocycles. The molecule has 0 bridgehead atoms. The Hall–Kier alpha value is -3.61. The van der Waals surface area contributed by atoms with E-state index in [4.69, 9.17) is 4.74 Å². The summed E-state index contributed by atoms with van der Waals surface area (Å²) in [7, 11) is 1.64. The van der Waals surface area contributed by atoms with Gasteiger partial charge in [0.1, 0.15) is 18.0 Å². The van der Waals surface area contributed by atoms with Gasteiger partial charge >= 0.3 is 0 Å². The van der Waals surface area contributed by atoms with Crippen molar-refractivity contribution in [3.05, 3.63) is 69.7 Å². The average Bonchev–Trinajstić information content (AvgIpc) is 2.86. The number of ether oxygens (including phenoxy) is 1. The van der Waals surface area contributed by atoms with Crippen LogP contribution >= 0.6 is 0 Å². The Bertz CT molecular complexity index is 1170. The van der Waals surface area contributed by atoms with Gasteiger partial charge in [0.05, 0.1) is 28.8 Å². The van der Waals surface area contributed by atoms with Crippen LogP contribution in [-0.4, -0.2) is 52.6 Å². The number of nitrogens with one attached hydrogen (secondary N) is 1. The average molecular weight is 447 g/mol. The summed E-state index contributed by atoms with van der Waals surface area (Å²) in [6.45, 7) is 3.42. The Labute approximate surface area is 192 Å². The zero-order chi connectivity index (χ0) is 23.2. The van der Waals surface area contributed by atoms with E-state index in [1.54, 1.807) is 19.4 Å². The number of piperidine rings is 1. The molecule has 0 spiro atoms. The normalized spacial score (nSPS) is 14.8. The highest BCUT2D eigenvalue weighted by Crippen LogP contribution is 2.26. The predicted octanol–water partition coefficient (Wildman–Crippen LogP) is 3.21. The Morgan fingerprint density at radius 3 is 2.73 bits per heavy atom. The Morgan fingerprint density at radius 1 is 1.24 bits per heavy atom. The van der Waals surface area contributed by atoms with Crippen LogP contribution in [0.5, 0.6) is 5.75 Å². The van der Waals surface area contributed by atoms with Gasteiger partial charge in [0.15, 0.2) is 0 Å². The molecule has 9 heteroatoms. The number of fused-ring (bicyclic) bond motifs is 1. The first-order chi connectivity index (χ1) is 16.1. The minimum absolute atomic E-state index is 0.00651. The van der Waals surface area contributed by atoms with Crippen molar-refractivity contribution in [2.75, 3.05) is 26.7 Å². The molecule has 3 aromatic rings. The fourth-order valence-corrected chi connectivity index (χ4v) is 4.23. The van der Waals surface area contributed by atoms with Crippen LogP contribution in [0.2, 0.25) is 0 Å². The maximum atomic E-state index is 10.7. The number of hydrogen-bond acceptors (Lipinski definition) is 8. The molecule has 2 aromatic heterocycles. The SMILES string of the molecule is COc1ccc2ncc(C#N)c(CCN3CCC(NCc4ccc([N+](=O)[O-])cn4)CC3)c2c1. The molecule has 0 amide bonds. The zero-order valence-electron chi connectivity index (χ0n) is 18.5. The maximum absolute atomic E-state index is 10.7. The van der Waals surface area contributed by atoms with E-state index in [2.05, 4.69) is 26.3 Å². The molecule has 33 heavy (non-hydrogen) atoms. The molecule has 1 aliphatic heterocycles.